The molecule has 0 atom stereocenters. The molecule has 0 saturated heterocycles. The summed E-state index contributed by atoms with van der Waals surface area (Å²) in [5.41, 5.74) is 2.22. The highest BCUT2D eigenvalue weighted by Crippen LogP contribution is 2.15. The van der Waals surface area contributed by atoms with Gasteiger partial charge in [-0.3, -0.25) is 4.98 Å². The Morgan fingerprint density at radius 3 is 2.58 bits per heavy atom. The maximum absolute atomic E-state index is 4.44. The normalized spacial score (nSPS) is 11.8. The summed E-state index contributed by atoms with van der Waals surface area (Å²) in [6, 6.07) is 1.97. The molecule has 0 fully saturated rings. The van der Waals surface area contributed by atoms with Crippen molar-refractivity contribution in [1.29, 1.82) is 0 Å². The van der Waals surface area contributed by atoms with Gasteiger partial charge in [0.05, 0.1) is 5.69 Å². The van der Waals surface area contributed by atoms with Crippen LogP contribution >= 0.6 is 0 Å². The molecule has 0 aromatic carbocycles. The molecule has 2 rings (SSSR count). The fourth-order valence-electron chi connectivity index (χ4n) is 1.87. The first-order valence-electron chi connectivity index (χ1n) is 6.45. The summed E-state index contributed by atoms with van der Waals surface area (Å²) in [6.45, 7) is 11.1. The Morgan fingerprint density at radius 2 is 2.00 bits per heavy atom. The van der Waals surface area contributed by atoms with Crippen molar-refractivity contribution < 1.29 is 0 Å². The molecule has 0 saturated carbocycles. The van der Waals surface area contributed by atoms with Crippen molar-refractivity contribution in [2.24, 2.45) is 0 Å². The summed E-state index contributed by atoms with van der Waals surface area (Å²) < 4.78 is 1.87. The largest absolute Gasteiger partial charge is 0.308 e. The molecule has 0 unspecified atom stereocenters. The molecule has 0 bridgehead atoms. The highest BCUT2D eigenvalue weighted by molar-refractivity contribution is 5.38. The van der Waals surface area contributed by atoms with Gasteiger partial charge in [0.25, 0.3) is 0 Å². The van der Waals surface area contributed by atoms with Crippen LogP contribution in [0, 0.1) is 13.8 Å². The molecule has 19 heavy (non-hydrogen) atoms. The molecule has 0 amide bonds. The van der Waals surface area contributed by atoms with Crippen LogP contribution in [0.1, 0.15) is 38.0 Å². The van der Waals surface area contributed by atoms with Crippen LogP contribution < -0.4 is 5.32 Å². The van der Waals surface area contributed by atoms with Crippen LogP contribution in [0.3, 0.4) is 0 Å². The lowest BCUT2D eigenvalue weighted by atomic mass is 10.1. The molecule has 0 spiro atoms. The van der Waals surface area contributed by atoms with Gasteiger partial charge >= 0.3 is 0 Å². The molecule has 2 aromatic heterocycles. The number of rotatable bonds is 3. The third-order valence-corrected chi connectivity index (χ3v) is 2.79. The predicted octanol–water partition coefficient (Wildman–Crippen LogP) is 2.17. The van der Waals surface area contributed by atoms with Crippen LogP contribution in [0.25, 0.3) is 5.69 Å². The average molecular weight is 259 g/mol. The SMILES string of the molecule is Cc1nc(C)n(-c2ccncc2CNC(C)(C)C)n1. The van der Waals surface area contributed by atoms with E-state index in [9.17, 15) is 0 Å². The second-order valence-electron chi connectivity index (χ2n) is 5.73. The number of nitrogens with zero attached hydrogens (tertiary/aromatic N) is 4. The lowest BCUT2D eigenvalue weighted by Gasteiger charge is -2.21. The van der Waals surface area contributed by atoms with E-state index in [0.29, 0.717) is 0 Å². The van der Waals surface area contributed by atoms with Gasteiger partial charge in [0.2, 0.25) is 0 Å². The number of hydrogen-bond acceptors (Lipinski definition) is 4. The second-order valence-corrected chi connectivity index (χ2v) is 5.73. The zero-order chi connectivity index (χ0) is 14.0. The number of nitrogens with one attached hydrogen (secondary N) is 1. The minimum absolute atomic E-state index is 0.0699. The van der Waals surface area contributed by atoms with Gasteiger partial charge in [0, 0.05) is 30.0 Å². The van der Waals surface area contributed by atoms with E-state index < -0.39 is 0 Å². The molecule has 0 radical (unpaired) electrons. The highest BCUT2D eigenvalue weighted by Gasteiger charge is 2.13. The molecule has 0 aliphatic rings. The Bertz CT molecular complexity index is 565. The first-order chi connectivity index (χ1) is 8.87. The van der Waals surface area contributed by atoms with E-state index >= 15 is 0 Å². The highest BCUT2D eigenvalue weighted by atomic mass is 15.3. The third-order valence-electron chi connectivity index (χ3n) is 2.79. The summed E-state index contributed by atoms with van der Waals surface area (Å²) in [5, 5.41) is 7.91. The Balaban J connectivity index is 2.34. The summed E-state index contributed by atoms with van der Waals surface area (Å²) in [4.78, 5) is 8.55. The van der Waals surface area contributed by atoms with Crippen LogP contribution in [0.5, 0.6) is 0 Å². The maximum Gasteiger partial charge on any atom is 0.148 e. The van der Waals surface area contributed by atoms with Crippen molar-refractivity contribution in [1.82, 2.24) is 25.1 Å². The number of aromatic nitrogens is 4. The zero-order valence-electron chi connectivity index (χ0n) is 12.2. The zero-order valence-corrected chi connectivity index (χ0v) is 12.2. The molecule has 0 aliphatic carbocycles. The first-order valence-corrected chi connectivity index (χ1v) is 6.45. The minimum atomic E-state index is 0.0699. The Morgan fingerprint density at radius 1 is 1.26 bits per heavy atom. The van der Waals surface area contributed by atoms with Gasteiger partial charge in [-0.1, -0.05) is 0 Å². The molecule has 5 heteroatoms. The van der Waals surface area contributed by atoms with Crippen molar-refractivity contribution >= 4 is 0 Å². The quantitative estimate of drug-likeness (QED) is 0.917. The molecule has 0 aliphatic heterocycles. The van der Waals surface area contributed by atoms with Crippen molar-refractivity contribution in [2.75, 3.05) is 0 Å². The second kappa shape index (κ2) is 5.09. The van der Waals surface area contributed by atoms with Gasteiger partial charge in [0.1, 0.15) is 11.6 Å². The van der Waals surface area contributed by atoms with Gasteiger partial charge in [-0.05, 0) is 40.7 Å². The van der Waals surface area contributed by atoms with Crippen LogP contribution in [-0.2, 0) is 6.54 Å². The lowest BCUT2D eigenvalue weighted by Crippen LogP contribution is -2.35. The summed E-state index contributed by atoms with van der Waals surface area (Å²) in [7, 11) is 0. The summed E-state index contributed by atoms with van der Waals surface area (Å²) >= 11 is 0. The minimum Gasteiger partial charge on any atom is -0.308 e. The molecule has 102 valence electrons. The number of pyridine rings is 1. The maximum atomic E-state index is 4.44. The van der Waals surface area contributed by atoms with Gasteiger partial charge in [-0.15, -0.1) is 0 Å². The lowest BCUT2D eigenvalue weighted by molar-refractivity contribution is 0.423. The predicted molar refractivity (Wildman–Crippen MR) is 75.2 cm³/mol. The van der Waals surface area contributed by atoms with E-state index in [1.807, 2.05) is 30.8 Å². The first kappa shape index (κ1) is 13.7. The third kappa shape index (κ3) is 3.38. The van der Waals surface area contributed by atoms with Gasteiger partial charge < -0.3 is 5.32 Å². The van der Waals surface area contributed by atoms with E-state index in [2.05, 4.69) is 41.2 Å². The Kier molecular flexibility index (Phi) is 3.66. The van der Waals surface area contributed by atoms with Gasteiger partial charge in [0.15, 0.2) is 0 Å². The van der Waals surface area contributed by atoms with Crippen LogP contribution in [0.4, 0.5) is 0 Å². The summed E-state index contributed by atoms with van der Waals surface area (Å²) in [6.07, 6.45) is 3.66. The fraction of sp³-hybridized carbons (Fsp3) is 0.500. The molecule has 1 N–H and O–H groups in total. The Hall–Kier alpha value is -1.75. The molecule has 2 heterocycles. The molecule has 2 aromatic rings. The smallest absolute Gasteiger partial charge is 0.148 e. The standard InChI is InChI=1S/C14H21N5/c1-10-17-11(2)19(18-10)13-6-7-15-8-12(13)9-16-14(3,4)5/h6-8,16H,9H2,1-5H3. The van der Waals surface area contributed by atoms with Crippen molar-refractivity contribution in [2.45, 2.75) is 46.7 Å². The van der Waals surface area contributed by atoms with E-state index in [1.165, 1.54) is 0 Å². The molecule has 5 nitrogen and oxygen atoms in total. The van der Waals surface area contributed by atoms with Crippen LogP contribution in [-0.4, -0.2) is 25.3 Å². The van der Waals surface area contributed by atoms with Crippen LogP contribution in [0.15, 0.2) is 18.5 Å². The molecular weight excluding hydrogens is 238 g/mol. The van der Waals surface area contributed by atoms with E-state index in [-0.39, 0.29) is 5.54 Å². The fourth-order valence-corrected chi connectivity index (χ4v) is 1.87. The topological polar surface area (TPSA) is 55.6 Å². The van der Waals surface area contributed by atoms with Gasteiger partial charge in [-0.2, -0.15) is 5.10 Å². The number of hydrogen-bond donors (Lipinski definition) is 1. The van der Waals surface area contributed by atoms with Crippen molar-refractivity contribution in [3.05, 3.63) is 35.7 Å². The number of aryl methyl sites for hydroxylation is 2. The van der Waals surface area contributed by atoms with E-state index in [0.717, 1.165) is 29.4 Å². The van der Waals surface area contributed by atoms with Crippen molar-refractivity contribution in [3.63, 3.8) is 0 Å². The van der Waals surface area contributed by atoms with E-state index in [1.54, 1.807) is 6.20 Å². The molecular formula is C14H21N5. The van der Waals surface area contributed by atoms with Gasteiger partial charge in [-0.25, -0.2) is 9.67 Å². The Labute approximate surface area is 114 Å². The average Bonchev–Trinajstić information content (AvgIpc) is 2.65. The van der Waals surface area contributed by atoms with E-state index in [4.69, 9.17) is 0 Å². The van der Waals surface area contributed by atoms with Crippen LogP contribution in [0.2, 0.25) is 0 Å². The monoisotopic (exact) mass is 259 g/mol. The summed E-state index contributed by atoms with van der Waals surface area (Å²) in [5.74, 6) is 1.67. The van der Waals surface area contributed by atoms with Crippen molar-refractivity contribution in [3.8, 4) is 5.69 Å².